The number of rotatable bonds is 4. The van der Waals surface area contributed by atoms with Crippen LogP contribution in [-0.4, -0.2) is 19.8 Å². The molecule has 0 aromatic heterocycles. The molecule has 0 spiro atoms. The predicted molar refractivity (Wildman–Crippen MR) is 49.5 cm³/mol. The van der Waals surface area contributed by atoms with E-state index in [0.29, 0.717) is 6.42 Å². The van der Waals surface area contributed by atoms with Crippen LogP contribution in [0.25, 0.3) is 0 Å². The predicted octanol–water partition coefficient (Wildman–Crippen LogP) is 1.93. The van der Waals surface area contributed by atoms with Gasteiger partial charge in [-0.2, -0.15) is 8.42 Å². The van der Waals surface area contributed by atoms with Crippen molar-refractivity contribution in [3.8, 4) is 0 Å². The van der Waals surface area contributed by atoms with Crippen molar-refractivity contribution in [3.05, 3.63) is 0 Å². The zero-order valence-corrected chi connectivity index (χ0v) is 9.07. The summed E-state index contributed by atoms with van der Waals surface area (Å²) < 4.78 is 27.3. The molecule has 0 amide bonds. The summed E-state index contributed by atoms with van der Waals surface area (Å²) in [6, 6.07) is 0. The summed E-state index contributed by atoms with van der Waals surface area (Å²) in [5.74, 6) is 0.126. The Morgan fingerprint density at radius 1 is 1.25 bits per heavy atom. The second kappa shape index (κ2) is 4.23. The molecular formula is C8H18O3S. The van der Waals surface area contributed by atoms with Crippen LogP contribution in [0.1, 0.15) is 40.5 Å². The molecule has 0 saturated carbocycles. The molecule has 0 aliphatic carbocycles. The summed E-state index contributed by atoms with van der Waals surface area (Å²) in [4.78, 5) is 0. The van der Waals surface area contributed by atoms with Crippen molar-refractivity contribution in [2.75, 3.05) is 5.75 Å². The Hall–Kier alpha value is -0.0900. The van der Waals surface area contributed by atoms with Gasteiger partial charge in [0.15, 0.2) is 0 Å². The summed E-state index contributed by atoms with van der Waals surface area (Å²) in [5, 5.41) is 0. The molecule has 0 heterocycles. The Balaban J connectivity index is 4.06. The molecule has 4 heteroatoms. The van der Waals surface area contributed by atoms with Gasteiger partial charge in [-0.25, -0.2) is 0 Å². The second-order valence-corrected chi connectivity index (χ2v) is 5.50. The van der Waals surface area contributed by atoms with E-state index in [1.807, 2.05) is 6.92 Å². The van der Waals surface area contributed by atoms with Crippen molar-refractivity contribution in [1.29, 1.82) is 0 Å². The third kappa shape index (κ3) is 6.61. The van der Waals surface area contributed by atoms with Crippen LogP contribution >= 0.6 is 0 Å². The van der Waals surface area contributed by atoms with E-state index in [9.17, 15) is 8.42 Å². The highest BCUT2D eigenvalue weighted by atomic mass is 32.2. The highest BCUT2D eigenvalue weighted by molar-refractivity contribution is 7.86. The molecule has 0 saturated heterocycles. The van der Waals surface area contributed by atoms with Crippen LogP contribution in [0.4, 0.5) is 0 Å². The molecule has 0 radical (unpaired) electrons. The minimum atomic E-state index is -3.30. The Bertz CT molecular complexity index is 211. The summed E-state index contributed by atoms with van der Waals surface area (Å²) in [7, 11) is -3.30. The summed E-state index contributed by atoms with van der Waals surface area (Å²) >= 11 is 0. The van der Waals surface area contributed by atoms with Gasteiger partial charge in [-0.05, 0) is 27.2 Å². The minimum Gasteiger partial charge on any atom is -0.264 e. The highest BCUT2D eigenvalue weighted by Crippen LogP contribution is 2.12. The first-order valence-electron chi connectivity index (χ1n) is 4.20. The van der Waals surface area contributed by atoms with Gasteiger partial charge >= 0.3 is 0 Å². The third-order valence-electron chi connectivity index (χ3n) is 1.12. The van der Waals surface area contributed by atoms with Crippen LogP contribution in [0.15, 0.2) is 0 Å². The van der Waals surface area contributed by atoms with Crippen LogP contribution < -0.4 is 0 Å². The van der Waals surface area contributed by atoms with Gasteiger partial charge in [0.05, 0.1) is 11.4 Å². The van der Waals surface area contributed by atoms with Gasteiger partial charge in [0.25, 0.3) is 10.1 Å². The van der Waals surface area contributed by atoms with E-state index in [0.717, 1.165) is 6.42 Å². The van der Waals surface area contributed by atoms with Crippen molar-refractivity contribution in [3.63, 3.8) is 0 Å². The first kappa shape index (κ1) is 11.9. The van der Waals surface area contributed by atoms with Gasteiger partial charge in [0.2, 0.25) is 0 Å². The van der Waals surface area contributed by atoms with Crippen molar-refractivity contribution in [2.45, 2.75) is 46.1 Å². The molecule has 3 nitrogen and oxygen atoms in total. The second-order valence-electron chi connectivity index (χ2n) is 3.81. The van der Waals surface area contributed by atoms with Gasteiger partial charge in [0, 0.05) is 0 Å². The minimum absolute atomic E-state index is 0.126. The van der Waals surface area contributed by atoms with E-state index >= 15 is 0 Å². The first-order chi connectivity index (χ1) is 5.27. The number of hydrogen-bond donors (Lipinski definition) is 0. The maximum atomic E-state index is 11.2. The zero-order valence-electron chi connectivity index (χ0n) is 8.25. The Labute approximate surface area is 75.2 Å². The molecule has 0 aromatic carbocycles. The van der Waals surface area contributed by atoms with E-state index in [-0.39, 0.29) is 5.75 Å². The molecular weight excluding hydrogens is 176 g/mol. The Kier molecular flexibility index (Phi) is 4.20. The fourth-order valence-electron chi connectivity index (χ4n) is 0.744. The fraction of sp³-hybridized carbons (Fsp3) is 1.00. The third-order valence-corrected chi connectivity index (χ3v) is 2.67. The van der Waals surface area contributed by atoms with Crippen molar-refractivity contribution in [2.24, 2.45) is 0 Å². The van der Waals surface area contributed by atoms with E-state index < -0.39 is 15.7 Å². The van der Waals surface area contributed by atoms with Gasteiger partial charge in [-0.3, -0.25) is 4.18 Å². The van der Waals surface area contributed by atoms with Crippen LogP contribution in [0, 0.1) is 0 Å². The van der Waals surface area contributed by atoms with Gasteiger partial charge < -0.3 is 0 Å². The van der Waals surface area contributed by atoms with Crippen LogP contribution in [0.2, 0.25) is 0 Å². The maximum absolute atomic E-state index is 11.2. The van der Waals surface area contributed by atoms with Crippen LogP contribution in [0.5, 0.6) is 0 Å². The lowest BCUT2D eigenvalue weighted by molar-refractivity contribution is 0.139. The largest absolute Gasteiger partial charge is 0.267 e. The van der Waals surface area contributed by atoms with Crippen molar-refractivity contribution >= 4 is 10.1 Å². The summed E-state index contributed by atoms with van der Waals surface area (Å²) in [5.41, 5.74) is -0.605. The lowest BCUT2D eigenvalue weighted by Gasteiger charge is -2.18. The van der Waals surface area contributed by atoms with Gasteiger partial charge in [-0.1, -0.05) is 13.3 Å². The number of unbranched alkanes of at least 4 members (excludes halogenated alkanes) is 1. The Morgan fingerprint density at radius 3 is 2.08 bits per heavy atom. The average Bonchev–Trinajstić information content (AvgIpc) is 1.78. The molecule has 0 bridgehead atoms. The summed E-state index contributed by atoms with van der Waals surface area (Å²) in [6.45, 7) is 7.15. The Morgan fingerprint density at radius 2 is 1.75 bits per heavy atom. The topological polar surface area (TPSA) is 43.4 Å². The molecule has 0 aromatic rings. The standard InChI is InChI=1S/C8H18O3S/c1-5-6-7-12(9,10)11-8(2,3)4/h5-7H2,1-4H3. The van der Waals surface area contributed by atoms with Crippen LogP contribution in [-0.2, 0) is 14.3 Å². The monoisotopic (exact) mass is 194 g/mol. The molecule has 0 aliphatic rings. The van der Waals surface area contributed by atoms with E-state index in [2.05, 4.69) is 0 Å². The average molecular weight is 194 g/mol. The lowest BCUT2D eigenvalue weighted by Crippen LogP contribution is -2.25. The quantitative estimate of drug-likeness (QED) is 0.642. The normalized spacial score (nSPS) is 13.3. The molecule has 0 N–H and O–H groups in total. The van der Waals surface area contributed by atoms with Gasteiger partial charge in [0.1, 0.15) is 0 Å². The first-order valence-corrected chi connectivity index (χ1v) is 5.78. The molecule has 12 heavy (non-hydrogen) atoms. The number of hydrogen-bond acceptors (Lipinski definition) is 3. The van der Waals surface area contributed by atoms with Gasteiger partial charge in [-0.15, -0.1) is 0 Å². The molecule has 0 atom stereocenters. The fourth-order valence-corrected chi connectivity index (χ4v) is 2.23. The summed E-state index contributed by atoms with van der Waals surface area (Å²) in [6.07, 6.45) is 1.53. The highest BCUT2D eigenvalue weighted by Gasteiger charge is 2.20. The zero-order chi connectivity index (χ0) is 9.83. The van der Waals surface area contributed by atoms with E-state index in [1.54, 1.807) is 20.8 Å². The van der Waals surface area contributed by atoms with Crippen LogP contribution in [0.3, 0.4) is 0 Å². The maximum Gasteiger partial charge on any atom is 0.267 e. The lowest BCUT2D eigenvalue weighted by atomic mass is 10.2. The van der Waals surface area contributed by atoms with Crippen molar-refractivity contribution in [1.82, 2.24) is 0 Å². The molecule has 0 aliphatic heterocycles. The smallest absolute Gasteiger partial charge is 0.264 e. The van der Waals surface area contributed by atoms with E-state index in [1.165, 1.54) is 0 Å². The molecule has 0 unspecified atom stereocenters. The van der Waals surface area contributed by atoms with E-state index in [4.69, 9.17) is 4.18 Å². The molecule has 0 rings (SSSR count). The molecule has 0 fully saturated rings. The SMILES string of the molecule is CCCCS(=O)(=O)OC(C)(C)C. The molecule has 74 valence electrons. The van der Waals surface area contributed by atoms with Crippen molar-refractivity contribution < 1.29 is 12.6 Å².